The number of rotatable bonds is 12. The molecule has 6 heteroatoms. The lowest BCUT2D eigenvalue weighted by molar-refractivity contribution is -0.143. The van der Waals surface area contributed by atoms with Crippen LogP contribution in [-0.2, 0) is 27.2 Å². The van der Waals surface area contributed by atoms with E-state index in [-0.39, 0.29) is 11.9 Å². The predicted octanol–water partition coefficient (Wildman–Crippen LogP) is 5.49. The first-order valence-corrected chi connectivity index (χ1v) is 11.7. The van der Waals surface area contributed by atoms with E-state index in [0.717, 1.165) is 36.2 Å². The molecule has 1 amide bonds. The number of carbonyl (C=O) groups excluding carboxylic acids is 2. The smallest absolute Gasteiger partial charge is 0.306 e. The van der Waals surface area contributed by atoms with Crippen molar-refractivity contribution in [2.75, 3.05) is 6.61 Å². The number of unbranched alkanes of at least 4 members (excludes halogenated alkanes) is 3. The summed E-state index contributed by atoms with van der Waals surface area (Å²) in [4.78, 5) is 24.5. The fourth-order valence-corrected chi connectivity index (χ4v) is 4.48. The second-order valence-electron chi connectivity index (χ2n) is 7.21. The Morgan fingerprint density at radius 3 is 2.21 bits per heavy atom. The van der Waals surface area contributed by atoms with Gasteiger partial charge < -0.3 is 10.1 Å². The maximum Gasteiger partial charge on any atom is 0.306 e. The third-order valence-corrected chi connectivity index (χ3v) is 6.25. The van der Waals surface area contributed by atoms with Gasteiger partial charge in [-0.2, -0.15) is 0 Å². The monoisotopic (exact) mass is 433 g/mol. The normalized spacial score (nSPS) is 15.4. The van der Waals surface area contributed by atoms with E-state index in [1.165, 1.54) is 42.2 Å². The second kappa shape index (κ2) is 12.8. The van der Waals surface area contributed by atoms with Crippen LogP contribution >= 0.6 is 24.0 Å². The zero-order chi connectivity index (χ0) is 21.1. The van der Waals surface area contributed by atoms with Crippen LogP contribution in [0.2, 0.25) is 0 Å². The minimum Gasteiger partial charge on any atom is -0.466 e. The molecule has 1 aliphatic heterocycles. The molecule has 0 radical (unpaired) electrons. The number of esters is 1. The van der Waals surface area contributed by atoms with E-state index in [2.05, 4.69) is 36.5 Å². The number of hydrogen-bond acceptors (Lipinski definition) is 5. The van der Waals surface area contributed by atoms with E-state index in [0.29, 0.717) is 23.8 Å². The highest BCUT2D eigenvalue weighted by Gasteiger charge is 2.25. The van der Waals surface area contributed by atoms with Gasteiger partial charge in [-0.1, -0.05) is 80.0 Å². The van der Waals surface area contributed by atoms with Crippen LogP contribution in [0.4, 0.5) is 0 Å². The summed E-state index contributed by atoms with van der Waals surface area (Å²) >= 11 is 6.57. The summed E-state index contributed by atoms with van der Waals surface area (Å²) in [6, 6.07) is 8.39. The largest absolute Gasteiger partial charge is 0.466 e. The summed E-state index contributed by atoms with van der Waals surface area (Å²) in [5, 5.41) is 2.75. The van der Waals surface area contributed by atoms with Crippen LogP contribution in [0.5, 0.6) is 0 Å². The van der Waals surface area contributed by atoms with Gasteiger partial charge in [-0.05, 0) is 50.2 Å². The van der Waals surface area contributed by atoms with Gasteiger partial charge in [0.15, 0.2) is 0 Å². The molecule has 2 rings (SSSR count). The summed E-state index contributed by atoms with van der Waals surface area (Å²) in [7, 11) is 0. The van der Waals surface area contributed by atoms with E-state index in [1.807, 2.05) is 6.92 Å². The number of carbonyl (C=O) groups is 2. The third kappa shape index (κ3) is 8.31. The van der Waals surface area contributed by atoms with Gasteiger partial charge in [-0.15, -0.1) is 0 Å². The zero-order valence-electron chi connectivity index (χ0n) is 17.4. The molecule has 4 nitrogen and oxygen atoms in total. The number of allylic oxidation sites excluding steroid dienone is 1. The van der Waals surface area contributed by atoms with E-state index >= 15 is 0 Å². The first-order valence-electron chi connectivity index (χ1n) is 10.5. The van der Waals surface area contributed by atoms with Crippen molar-refractivity contribution in [2.45, 2.75) is 71.6 Å². The van der Waals surface area contributed by atoms with Crippen molar-refractivity contribution in [2.24, 2.45) is 0 Å². The number of ether oxygens (including phenoxy) is 1. The maximum atomic E-state index is 12.2. The Morgan fingerprint density at radius 2 is 1.66 bits per heavy atom. The number of nitrogens with one attached hydrogen (secondary N) is 1. The van der Waals surface area contributed by atoms with Crippen LogP contribution in [0.15, 0.2) is 34.7 Å². The number of amides is 1. The molecule has 0 saturated carbocycles. The van der Waals surface area contributed by atoms with E-state index in [9.17, 15) is 9.59 Å². The molecule has 0 aliphatic carbocycles. The summed E-state index contributed by atoms with van der Waals surface area (Å²) in [6.45, 7) is 4.45. The van der Waals surface area contributed by atoms with Crippen LogP contribution in [0.25, 0.3) is 0 Å². The fraction of sp³-hybridized carbons (Fsp3) is 0.522. The Labute approximate surface area is 183 Å². The van der Waals surface area contributed by atoms with Gasteiger partial charge in [0.2, 0.25) is 0 Å². The minimum absolute atomic E-state index is 0.0418. The van der Waals surface area contributed by atoms with Crippen LogP contribution in [0.1, 0.15) is 69.9 Å². The summed E-state index contributed by atoms with van der Waals surface area (Å²) < 4.78 is 5.53. The number of benzene rings is 1. The fourth-order valence-electron chi connectivity index (χ4n) is 3.31. The Morgan fingerprint density at radius 1 is 1.00 bits per heavy atom. The molecule has 1 aromatic rings. The third-order valence-electron chi connectivity index (χ3n) is 4.93. The van der Waals surface area contributed by atoms with E-state index in [4.69, 9.17) is 17.0 Å². The highest BCUT2D eigenvalue weighted by atomic mass is 32.2. The first kappa shape index (κ1) is 23.6. The molecule has 1 fully saturated rings. The standard InChI is InChI=1S/C23H31NO3S2/c1-3-5-6-7-8-19(21-22(26)24-23(28)29-21)15-13-17-9-11-18(12-10-17)14-16-20(25)27-4-2/h9-12H,3-8,13-16H2,1-2H3,(H,24,26,28). The predicted molar refractivity (Wildman–Crippen MR) is 124 cm³/mol. The summed E-state index contributed by atoms with van der Waals surface area (Å²) in [5.41, 5.74) is 3.59. The average Bonchev–Trinajstić information content (AvgIpc) is 3.05. The van der Waals surface area contributed by atoms with Crippen molar-refractivity contribution >= 4 is 40.2 Å². The Bertz CT molecular complexity index is 741. The SMILES string of the molecule is CCCCCCC(CCc1ccc(CCC(=O)OCC)cc1)=C1SC(=S)NC1=O. The lowest BCUT2D eigenvalue weighted by atomic mass is 9.97. The zero-order valence-corrected chi connectivity index (χ0v) is 19.1. The summed E-state index contributed by atoms with van der Waals surface area (Å²) in [5.74, 6) is -0.194. The topological polar surface area (TPSA) is 55.4 Å². The summed E-state index contributed by atoms with van der Waals surface area (Å²) in [6.07, 6.45) is 8.56. The lowest BCUT2D eigenvalue weighted by Gasteiger charge is -2.11. The van der Waals surface area contributed by atoms with Gasteiger partial charge in [-0.3, -0.25) is 9.59 Å². The molecular weight excluding hydrogens is 402 g/mol. The molecular formula is C23H31NO3S2. The number of thioether (sulfide) groups is 1. The molecule has 0 bridgehead atoms. The molecule has 1 N–H and O–H groups in total. The van der Waals surface area contributed by atoms with Crippen molar-refractivity contribution in [3.05, 3.63) is 45.9 Å². The van der Waals surface area contributed by atoms with Crippen LogP contribution in [0.3, 0.4) is 0 Å². The van der Waals surface area contributed by atoms with Gasteiger partial charge in [-0.25, -0.2) is 0 Å². The quantitative estimate of drug-likeness (QED) is 0.204. The first-order chi connectivity index (χ1) is 14.0. The number of hydrogen-bond donors (Lipinski definition) is 1. The van der Waals surface area contributed by atoms with Crippen molar-refractivity contribution in [3.8, 4) is 0 Å². The molecule has 1 aliphatic rings. The van der Waals surface area contributed by atoms with Gasteiger partial charge in [0.25, 0.3) is 5.91 Å². The highest BCUT2D eigenvalue weighted by Crippen LogP contribution is 2.32. The maximum absolute atomic E-state index is 12.2. The highest BCUT2D eigenvalue weighted by molar-refractivity contribution is 8.26. The molecule has 0 aromatic heterocycles. The Hall–Kier alpha value is -1.66. The molecule has 29 heavy (non-hydrogen) atoms. The van der Waals surface area contributed by atoms with Gasteiger partial charge >= 0.3 is 5.97 Å². The molecule has 158 valence electrons. The van der Waals surface area contributed by atoms with Crippen molar-refractivity contribution < 1.29 is 14.3 Å². The van der Waals surface area contributed by atoms with E-state index < -0.39 is 0 Å². The van der Waals surface area contributed by atoms with Crippen molar-refractivity contribution in [1.29, 1.82) is 0 Å². The van der Waals surface area contributed by atoms with Gasteiger partial charge in [0.05, 0.1) is 11.5 Å². The molecule has 1 aromatic carbocycles. The number of thiocarbonyl (C=S) groups is 1. The van der Waals surface area contributed by atoms with E-state index in [1.54, 1.807) is 0 Å². The molecule has 1 saturated heterocycles. The second-order valence-corrected chi connectivity index (χ2v) is 8.90. The molecule has 0 unspecified atom stereocenters. The Balaban J connectivity index is 1.94. The van der Waals surface area contributed by atoms with Crippen LogP contribution in [0, 0.1) is 0 Å². The minimum atomic E-state index is -0.152. The lowest BCUT2D eigenvalue weighted by Crippen LogP contribution is -2.18. The van der Waals surface area contributed by atoms with Crippen molar-refractivity contribution in [1.82, 2.24) is 5.32 Å². The molecule has 1 heterocycles. The molecule has 0 spiro atoms. The Kier molecular flexibility index (Phi) is 10.4. The number of aryl methyl sites for hydroxylation is 2. The molecule has 0 atom stereocenters. The average molecular weight is 434 g/mol. The van der Waals surface area contributed by atoms with Crippen molar-refractivity contribution in [3.63, 3.8) is 0 Å². The van der Waals surface area contributed by atoms with Crippen LogP contribution in [-0.4, -0.2) is 22.8 Å². The van der Waals surface area contributed by atoms with Crippen LogP contribution < -0.4 is 5.32 Å². The van der Waals surface area contributed by atoms with Gasteiger partial charge in [0.1, 0.15) is 4.32 Å². The van der Waals surface area contributed by atoms with Gasteiger partial charge in [0, 0.05) is 6.42 Å².